The Morgan fingerprint density at radius 3 is 2.04 bits per heavy atom. The summed E-state index contributed by atoms with van der Waals surface area (Å²) in [7, 11) is 0. The number of imide groups is 1. The summed E-state index contributed by atoms with van der Waals surface area (Å²) >= 11 is 0. The molecule has 116 valence electrons. The summed E-state index contributed by atoms with van der Waals surface area (Å²) in [5.41, 5.74) is 0.688. The molecule has 1 aliphatic rings. The second-order valence-corrected chi connectivity index (χ2v) is 5.01. The van der Waals surface area contributed by atoms with Crippen molar-refractivity contribution in [3.05, 3.63) is 59.9 Å². The average Bonchev–Trinajstić information content (AvgIpc) is 2.88. The van der Waals surface area contributed by atoms with E-state index in [0.29, 0.717) is 5.69 Å². The Kier molecular flexibility index (Phi) is 3.89. The van der Waals surface area contributed by atoms with Crippen LogP contribution in [0.2, 0.25) is 0 Å². The van der Waals surface area contributed by atoms with E-state index in [1.807, 2.05) is 0 Å². The molecule has 0 radical (unpaired) electrons. The largest absolute Gasteiger partial charge is 0.423 e. The first-order valence-corrected chi connectivity index (χ1v) is 6.98. The SMILES string of the molecule is O=C(Oc1ccc(F)cc1)c1ccc(N2C(=O)CCC2=O)cc1. The van der Waals surface area contributed by atoms with Crippen LogP contribution in [0.15, 0.2) is 48.5 Å². The van der Waals surface area contributed by atoms with E-state index >= 15 is 0 Å². The fourth-order valence-corrected chi connectivity index (χ4v) is 2.28. The zero-order valence-electron chi connectivity index (χ0n) is 12.0. The van der Waals surface area contributed by atoms with Crippen molar-refractivity contribution in [2.75, 3.05) is 4.90 Å². The summed E-state index contributed by atoms with van der Waals surface area (Å²) in [6, 6.07) is 11.1. The molecule has 2 aromatic carbocycles. The van der Waals surface area contributed by atoms with Crippen molar-refractivity contribution in [3.63, 3.8) is 0 Å². The van der Waals surface area contributed by atoms with E-state index in [-0.39, 0.29) is 36.0 Å². The van der Waals surface area contributed by atoms with Crippen LogP contribution in [0.3, 0.4) is 0 Å². The number of anilines is 1. The fourth-order valence-electron chi connectivity index (χ4n) is 2.28. The second-order valence-electron chi connectivity index (χ2n) is 5.01. The smallest absolute Gasteiger partial charge is 0.343 e. The van der Waals surface area contributed by atoms with Crippen LogP contribution in [0.25, 0.3) is 0 Å². The predicted molar refractivity (Wildman–Crippen MR) is 79.5 cm³/mol. The molecule has 1 aliphatic heterocycles. The number of carbonyl (C=O) groups excluding carboxylic acids is 3. The average molecular weight is 313 g/mol. The molecule has 5 nitrogen and oxygen atoms in total. The van der Waals surface area contributed by atoms with Gasteiger partial charge in [-0.15, -0.1) is 0 Å². The number of hydrogen-bond donors (Lipinski definition) is 0. The minimum Gasteiger partial charge on any atom is -0.423 e. The number of halogens is 1. The quantitative estimate of drug-likeness (QED) is 0.496. The van der Waals surface area contributed by atoms with Crippen LogP contribution in [0.1, 0.15) is 23.2 Å². The van der Waals surface area contributed by atoms with Gasteiger partial charge in [0.05, 0.1) is 11.3 Å². The maximum atomic E-state index is 12.8. The van der Waals surface area contributed by atoms with Gasteiger partial charge >= 0.3 is 5.97 Å². The van der Waals surface area contributed by atoms with Gasteiger partial charge < -0.3 is 4.74 Å². The number of esters is 1. The molecule has 1 heterocycles. The first kappa shape index (κ1) is 14.9. The predicted octanol–water partition coefficient (Wildman–Crippen LogP) is 2.70. The van der Waals surface area contributed by atoms with E-state index in [0.717, 1.165) is 4.90 Å². The normalized spacial score (nSPS) is 14.2. The minimum absolute atomic E-state index is 0.202. The summed E-state index contributed by atoms with van der Waals surface area (Å²) in [6.45, 7) is 0. The Labute approximate surface area is 131 Å². The monoisotopic (exact) mass is 313 g/mol. The van der Waals surface area contributed by atoms with Crippen molar-refractivity contribution in [2.45, 2.75) is 12.8 Å². The topological polar surface area (TPSA) is 63.7 Å². The maximum Gasteiger partial charge on any atom is 0.343 e. The van der Waals surface area contributed by atoms with Gasteiger partial charge in [0.15, 0.2) is 0 Å². The Balaban J connectivity index is 1.74. The lowest BCUT2D eigenvalue weighted by atomic mass is 10.2. The molecular weight excluding hydrogens is 301 g/mol. The van der Waals surface area contributed by atoms with Gasteiger partial charge in [-0.3, -0.25) is 14.5 Å². The molecule has 2 aromatic rings. The lowest BCUT2D eigenvalue weighted by Crippen LogP contribution is -2.28. The van der Waals surface area contributed by atoms with Gasteiger partial charge in [-0.2, -0.15) is 0 Å². The molecule has 6 heteroatoms. The first-order chi connectivity index (χ1) is 11.0. The third kappa shape index (κ3) is 3.11. The Morgan fingerprint density at radius 1 is 0.913 bits per heavy atom. The number of amides is 2. The number of hydrogen-bond acceptors (Lipinski definition) is 4. The van der Waals surface area contributed by atoms with Crippen LogP contribution in [0, 0.1) is 5.82 Å². The highest BCUT2D eigenvalue weighted by Crippen LogP contribution is 2.23. The van der Waals surface area contributed by atoms with E-state index in [1.54, 1.807) is 0 Å². The summed E-state index contributed by atoms with van der Waals surface area (Å²) in [5.74, 6) is -1.31. The summed E-state index contributed by atoms with van der Waals surface area (Å²) in [5, 5.41) is 0. The maximum absolute atomic E-state index is 12.8. The Morgan fingerprint density at radius 2 is 1.48 bits per heavy atom. The Bertz CT molecular complexity index is 752. The highest BCUT2D eigenvalue weighted by Gasteiger charge is 2.30. The number of rotatable bonds is 3. The summed E-state index contributed by atoms with van der Waals surface area (Å²) in [6.07, 6.45) is 0.403. The number of ether oxygens (including phenoxy) is 1. The van der Waals surface area contributed by atoms with Crippen LogP contribution in [0.5, 0.6) is 5.75 Å². The van der Waals surface area contributed by atoms with Crippen molar-refractivity contribution in [2.24, 2.45) is 0 Å². The molecule has 23 heavy (non-hydrogen) atoms. The molecule has 0 aliphatic carbocycles. The molecule has 0 N–H and O–H groups in total. The molecule has 1 saturated heterocycles. The van der Waals surface area contributed by atoms with Crippen LogP contribution in [0.4, 0.5) is 10.1 Å². The number of benzene rings is 2. The van der Waals surface area contributed by atoms with Gasteiger partial charge in [-0.25, -0.2) is 9.18 Å². The van der Waals surface area contributed by atoms with E-state index in [9.17, 15) is 18.8 Å². The molecule has 2 amide bonds. The highest BCUT2D eigenvalue weighted by molar-refractivity contribution is 6.19. The molecule has 0 unspecified atom stereocenters. The molecule has 3 rings (SSSR count). The molecule has 0 saturated carbocycles. The van der Waals surface area contributed by atoms with Gasteiger partial charge in [0.25, 0.3) is 0 Å². The minimum atomic E-state index is -0.609. The Hall–Kier alpha value is -3.02. The highest BCUT2D eigenvalue weighted by atomic mass is 19.1. The van der Waals surface area contributed by atoms with Crippen molar-refractivity contribution < 1.29 is 23.5 Å². The molecule has 0 aromatic heterocycles. The van der Waals surface area contributed by atoms with Gasteiger partial charge in [-0.1, -0.05) is 0 Å². The van der Waals surface area contributed by atoms with Gasteiger partial charge in [0.2, 0.25) is 11.8 Å². The van der Waals surface area contributed by atoms with Crippen LogP contribution in [-0.4, -0.2) is 17.8 Å². The summed E-state index contributed by atoms with van der Waals surface area (Å²) in [4.78, 5) is 36.4. The van der Waals surface area contributed by atoms with Crippen molar-refractivity contribution in [1.82, 2.24) is 0 Å². The lowest BCUT2D eigenvalue weighted by molar-refractivity contribution is -0.121. The third-order valence-corrected chi connectivity index (χ3v) is 3.44. The van der Waals surface area contributed by atoms with Crippen LogP contribution < -0.4 is 9.64 Å². The lowest BCUT2D eigenvalue weighted by Gasteiger charge is -2.14. The van der Waals surface area contributed by atoms with Crippen LogP contribution >= 0.6 is 0 Å². The zero-order chi connectivity index (χ0) is 16.4. The van der Waals surface area contributed by atoms with E-state index in [1.165, 1.54) is 48.5 Å². The van der Waals surface area contributed by atoms with E-state index < -0.39 is 11.8 Å². The van der Waals surface area contributed by atoms with Gasteiger partial charge in [0, 0.05) is 12.8 Å². The van der Waals surface area contributed by atoms with Gasteiger partial charge in [-0.05, 0) is 48.5 Å². The van der Waals surface area contributed by atoms with Crippen molar-refractivity contribution >= 4 is 23.5 Å². The fraction of sp³-hybridized carbons (Fsp3) is 0.118. The zero-order valence-corrected chi connectivity index (χ0v) is 12.0. The second kappa shape index (κ2) is 6.00. The van der Waals surface area contributed by atoms with E-state index in [4.69, 9.17) is 4.74 Å². The number of nitrogens with zero attached hydrogens (tertiary/aromatic N) is 1. The number of carbonyl (C=O) groups is 3. The van der Waals surface area contributed by atoms with Crippen molar-refractivity contribution in [3.8, 4) is 5.75 Å². The molecule has 0 atom stereocenters. The molecule has 0 bridgehead atoms. The molecule has 1 fully saturated rings. The third-order valence-electron chi connectivity index (χ3n) is 3.44. The molecule has 0 spiro atoms. The standard InChI is InChI=1S/C17H12FNO4/c18-12-3-7-14(8-4-12)23-17(22)11-1-5-13(6-2-11)19-15(20)9-10-16(19)21/h1-8H,9-10H2. The van der Waals surface area contributed by atoms with E-state index in [2.05, 4.69) is 0 Å². The van der Waals surface area contributed by atoms with Crippen molar-refractivity contribution in [1.29, 1.82) is 0 Å². The molecular formula is C17H12FNO4. The first-order valence-electron chi connectivity index (χ1n) is 6.98. The van der Waals surface area contributed by atoms with Crippen LogP contribution in [-0.2, 0) is 9.59 Å². The van der Waals surface area contributed by atoms with Gasteiger partial charge in [0.1, 0.15) is 11.6 Å². The summed E-state index contributed by atoms with van der Waals surface area (Å²) < 4.78 is 17.9.